The van der Waals surface area contributed by atoms with E-state index in [2.05, 4.69) is 10.3 Å². The second-order valence-corrected chi connectivity index (χ2v) is 4.91. The van der Waals surface area contributed by atoms with Gasteiger partial charge in [-0.3, -0.25) is 4.98 Å². The Morgan fingerprint density at radius 3 is 2.70 bits per heavy atom. The number of pyridine rings is 1. The van der Waals surface area contributed by atoms with Crippen molar-refractivity contribution in [1.82, 2.24) is 9.88 Å². The number of carboxylic acid groups (broad SMARTS) is 1. The van der Waals surface area contributed by atoms with E-state index in [1.807, 2.05) is 6.92 Å². The predicted octanol–water partition coefficient (Wildman–Crippen LogP) is 0.750. The molecule has 1 aromatic rings. The number of urea groups is 1. The molecule has 0 spiro atoms. The Morgan fingerprint density at radius 1 is 1.40 bits per heavy atom. The number of hydrogen-bond donors (Lipinski definition) is 3. The van der Waals surface area contributed by atoms with Crippen molar-refractivity contribution >= 4 is 17.7 Å². The number of aliphatic hydroxyl groups is 1. The summed E-state index contributed by atoms with van der Waals surface area (Å²) < 4.78 is 0. The molecule has 0 aromatic carbocycles. The van der Waals surface area contributed by atoms with Crippen molar-refractivity contribution in [3.8, 4) is 0 Å². The summed E-state index contributed by atoms with van der Waals surface area (Å²) in [7, 11) is 0. The summed E-state index contributed by atoms with van der Waals surface area (Å²) in [5, 5.41) is 21.2. The number of likely N-dealkylation sites (tertiary alicyclic amines) is 1. The van der Waals surface area contributed by atoms with Gasteiger partial charge in [-0.2, -0.15) is 0 Å². The van der Waals surface area contributed by atoms with Gasteiger partial charge in [0.2, 0.25) is 0 Å². The van der Waals surface area contributed by atoms with Crippen LogP contribution in [-0.4, -0.2) is 50.8 Å². The number of aromatic nitrogens is 1. The molecule has 20 heavy (non-hydrogen) atoms. The molecule has 7 nitrogen and oxygen atoms in total. The van der Waals surface area contributed by atoms with Crippen molar-refractivity contribution in [2.24, 2.45) is 0 Å². The molecule has 1 aromatic heterocycles. The Labute approximate surface area is 116 Å². The first-order valence-corrected chi connectivity index (χ1v) is 6.31. The highest BCUT2D eigenvalue weighted by atomic mass is 16.4. The summed E-state index contributed by atoms with van der Waals surface area (Å²) in [5.41, 5.74) is 2.02. The molecule has 1 aliphatic rings. The molecule has 0 aliphatic carbocycles. The molecule has 2 heterocycles. The van der Waals surface area contributed by atoms with Gasteiger partial charge >= 0.3 is 12.0 Å². The monoisotopic (exact) mass is 279 g/mol. The number of nitrogens with zero attached hydrogens (tertiary/aromatic N) is 2. The number of rotatable bonds is 2. The normalized spacial score (nSPS) is 21.9. The minimum Gasteiger partial charge on any atom is -0.480 e. The highest BCUT2D eigenvalue weighted by Gasteiger charge is 2.39. The van der Waals surface area contributed by atoms with Gasteiger partial charge in [-0.1, -0.05) is 0 Å². The molecule has 7 heteroatoms. The summed E-state index contributed by atoms with van der Waals surface area (Å²) >= 11 is 0. The topological polar surface area (TPSA) is 103 Å². The number of nitrogens with one attached hydrogen (secondary N) is 1. The van der Waals surface area contributed by atoms with E-state index in [1.165, 1.54) is 0 Å². The molecule has 1 aliphatic heterocycles. The maximum absolute atomic E-state index is 12.1. The quantitative estimate of drug-likeness (QED) is 0.741. The smallest absolute Gasteiger partial charge is 0.326 e. The molecule has 0 saturated carbocycles. The summed E-state index contributed by atoms with van der Waals surface area (Å²) in [6.45, 7) is 3.62. The van der Waals surface area contributed by atoms with Gasteiger partial charge in [-0.25, -0.2) is 9.59 Å². The van der Waals surface area contributed by atoms with E-state index in [0.29, 0.717) is 11.4 Å². The van der Waals surface area contributed by atoms with Crippen LogP contribution in [0.5, 0.6) is 0 Å². The fourth-order valence-electron chi connectivity index (χ4n) is 2.28. The minimum absolute atomic E-state index is 0.0150. The third kappa shape index (κ3) is 2.88. The van der Waals surface area contributed by atoms with E-state index in [9.17, 15) is 14.7 Å². The molecule has 2 rings (SSSR count). The van der Waals surface area contributed by atoms with E-state index < -0.39 is 24.1 Å². The Morgan fingerprint density at radius 2 is 2.10 bits per heavy atom. The molecule has 0 unspecified atom stereocenters. The van der Waals surface area contributed by atoms with Crippen LogP contribution in [-0.2, 0) is 4.79 Å². The first-order valence-electron chi connectivity index (χ1n) is 6.31. The van der Waals surface area contributed by atoms with Crippen LogP contribution in [0.25, 0.3) is 0 Å². The van der Waals surface area contributed by atoms with Crippen LogP contribution in [0.15, 0.2) is 12.1 Å². The standard InChI is InChI=1S/C13H17N3O4/c1-7-3-4-10(8(2)14-7)15-13(20)16-6-9(17)5-11(16)12(18)19/h3-4,9,11,17H,5-6H2,1-2H3,(H,15,20)(H,18,19)/t9-,11-/m1/s1. The summed E-state index contributed by atoms with van der Waals surface area (Å²) in [5.74, 6) is -1.12. The van der Waals surface area contributed by atoms with Crippen LogP contribution in [0.3, 0.4) is 0 Å². The van der Waals surface area contributed by atoms with Gasteiger partial charge in [0.15, 0.2) is 0 Å². The van der Waals surface area contributed by atoms with Gasteiger partial charge in [-0.15, -0.1) is 0 Å². The predicted molar refractivity (Wildman–Crippen MR) is 71.5 cm³/mol. The third-order valence-corrected chi connectivity index (χ3v) is 3.29. The second kappa shape index (κ2) is 5.46. The Balaban J connectivity index is 2.13. The van der Waals surface area contributed by atoms with Gasteiger partial charge in [0, 0.05) is 18.7 Å². The van der Waals surface area contributed by atoms with Crippen molar-refractivity contribution < 1.29 is 19.8 Å². The van der Waals surface area contributed by atoms with E-state index in [1.54, 1.807) is 19.1 Å². The lowest BCUT2D eigenvalue weighted by Crippen LogP contribution is -2.43. The number of aryl methyl sites for hydroxylation is 2. The number of aliphatic hydroxyl groups excluding tert-OH is 1. The molecule has 1 saturated heterocycles. The van der Waals surface area contributed by atoms with Crippen molar-refractivity contribution in [2.45, 2.75) is 32.4 Å². The van der Waals surface area contributed by atoms with Crippen LogP contribution in [0, 0.1) is 13.8 Å². The van der Waals surface area contributed by atoms with E-state index in [0.717, 1.165) is 10.6 Å². The maximum Gasteiger partial charge on any atom is 0.326 e. The first-order chi connectivity index (χ1) is 9.38. The van der Waals surface area contributed by atoms with Crippen LogP contribution >= 0.6 is 0 Å². The molecule has 108 valence electrons. The molecule has 0 radical (unpaired) electrons. The lowest BCUT2D eigenvalue weighted by molar-refractivity contribution is -0.141. The largest absolute Gasteiger partial charge is 0.480 e. The van der Waals surface area contributed by atoms with Gasteiger partial charge in [-0.05, 0) is 26.0 Å². The average Bonchev–Trinajstić information content (AvgIpc) is 2.75. The van der Waals surface area contributed by atoms with E-state index in [4.69, 9.17) is 5.11 Å². The lowest BCUT2D eigenvalue weighted by atomic mass is 10.2. The zero-order valence-electron chi connectivity index (χ0n) is 11.3. The van der Waals surface area contributed by atoms with Gasteiger partial charge < -0.3 is 20.4 Å². The number of carbonyl (C=O) groups excluding carboxylic acids is 1. The van der Waals surface area contributed by atoms with E-state index >= 15 is 0 Å². The average molecular weight is 279 g/mol. The molecule has 2 atom stereocenters. The summed E-state index contributed by atoms with van der Waals surface area (Å²) in [4.78, 5) is 28.6. The molecule has 1 fully saturated rings. The highest BCUT2D eigenvalue weighted by molar-refractivity contribution is 5.93. The molecule has 3 N–H and O–H groups in total. The van der Waals surface area contributed by atoms with Crippen LogP contribution < -0.4 is 5.32 Å². The number of aliphatic carboxylic acids is 1. The Bertz CT molecular complexity index is 546. The highest BCUT2D eigenvalue weighted by Crippen LogP contribution is 2.20. The molecular weight excluding hydrogens is 262 g/mol. The zero-order chi connectivity index (χ0) is 14.9. The molecular formula is C13H17N3O4. The van der Waals surface area contributed by atoms with Crippen molar-refractivity contribution in [3.05, 3.63) is 23.5 Å². The molecule has 0 bridgehead atoms. The summed E-state index contributed by atoms with van der Waals surface area (Å²) in [6, 6.07) is 1.94. The Hall–Kier alpha value is -2.15. The van der Waals surface area contributed by atoms with Crippen LogP contribution in [0.4, 0.5) is 10.5 Å². The number of anilines is 1. The van der Waals surface area contributed by atoms with Crippen molar-refractivity contribution in [2.75, 3.05) is 11.9 Å². The van der Waals surface area contributed by atoms with Crippen LogP contribution in [0.1, 0.15) is 17.8 Å². The Kier molecular flexibility index (Phi) is 3.89. The number of β-amino-alcohol motifs (C(OH)–C–C–N with tert-alkyl or cyclic N) is 1. The van der Waals surface area contributed by atoms with E-state index in [-0.39, 0.29) is 13.0 Å². The summed E-state index contributed by atoms with van der Waals surface area (Å²) in [6.07, 6.45) is -0.757. The third-order valence-electron chi connectivity index (χ3n) is 3.29. The molecule has 2 amide bonds. The number of carbonyl (C=O) groups is 2. The SMILES string of the molecule is Cc1ccc(NC(=O)N2C[C@H](O)C[C@@H]2C(=O)O)c(C)n1. The van der Waals surface area contributed by atoms with Gasteiger partial charge in [0.25, 0.3) is 0 Å². The van der Waals surface area contributed by atoms with Crippen LogP contribution in [0.2, 0.25) is 0 Å². The zero-order valence-corrected chi connectivity index (χ0v) is 11.3. The second-order valence-electron chi connectivity index (χ2n) is 4.91. The fourth-order valence-corrected chi connectivity index (χ4v) is 2.28. The van der Waals surface area contributed by atoms with Gasteiger partial charge in [0.05, 0.1) is 17.5 Å². The fraction of sp³-hybridized carbons (Fsp3) is 0.462. The van der Waals surface area contributed by atoms with Gasteiger partial charge in [0.1, 0.15) is 6.04 Å². The number of amides is 2. The maximum atomic E-state index is 12.1. The number of hydrogen-bond acceptors (Lipinski definition) is 4. The lowest BCUT2D eigenvalue weighted by Gasteiger charge is -2.22. The van der Waals surface area contributed by atoms with Crippen molar-refractivity contribution in [1.29, 1.82) is 0 Å². The first kappa shape index (κ1) is 14.3. The minimum atomic E-state index is -1.12. The van der Waals surface area contributed by atoms with Crippen molar-refractivity contribution in [3.63, 3.8) is 0 Å². The number of carboxylic acids is 1.